The minimum Gasteiger partial charge on any atom is -0.497 e. The van der Waals surface area contributed by atoms with Gasteiger partial charge in [-0.25, -0.2) is 0 Å². The topological polar surface area (TPSA) is 18.5 Å². The van der Waals surface area contributed by atoms with Gasteiger partial charge in [-0.15, -0.1) is 9.24 Å². The minimum atomic E-state index is -0.246. The summed E-state index contributed by atoms with van der Waals surface area (Å²) in [6.07, 6.45) is 0. The summed E-state index contributed by atoms with van der Waals surface area (Å²) in [5.74, 6) is 0.871. The highest BCUT2D eigenvalue weighted by Gasteiger charge is 2.33. The van der Waals surface area contributed by atoms with Crippen LogP contribution < -0.4 is 10.2 Å². The highest BCUT2D eigenvalue weighted by atomic mass is 31.0. The summed E-state index contributed by atoms with van der Waals surface area (Å²) in [5.41, 5.74) is 1.98. The molecule has 0 heterocycles. The molecule has 1 radical (unpaired) electrons. The lowest BCUT2D eigenvalue weighted by Gasteiger charge is -2.39. The Morgan fingerprint density at radius 3 is 2.22 bits per heavy atom. The average Bonchev–Trinajstić information content (AvgIpc) is 2.25. The maximum Gasteiger partial charge on any atom is 0.331 e. The van der Waals surface area contributed by atoms with Crippen LogP contribution in [0.1, 0.15) is 33.3 Å². The standard InChI is InChI=1S/C14H23BO2P/c1-10-9-11(16-6)7-8-12(10)15-17-13(2,3)14(4,5)18/h7-9H,18H2,1-6H3. The third kappa shape index (κ3) is 3.73. The summed E-state index contributed by atoms with van der Waals surface area (Å²) in [6, 6.07) is 5.97. The number of aryl methyl sites for hydroxylation is 1. The van der Waals surface area contributed by atoms with E-state index in [1.165, 1.54) is 0 Å². The van der Waals surface area contributed by atoms with Crippen molar-refractivity contribution in [2.24, 2.45) is 0 Å². The van der Waals surface area contributed by atoms with Gasteiger partial charge >= 0.3 is 7.48 Å². The van der Waals surface area contributed by atoms with Crippen molar-refractivity contribution in [1.29, 1.82) is 0 Å². The van der Waals surface area contributed by atoms with Crippen molar-refractivity contribution >= 4 is 22.2 Å². The fraction of sp³-hybridized carbons (Fsp3) is 0.571. The van der Waals surface area contributed by atoms with Crippen molar-refractivity contribution in [2.45, 2.75) is 45.4 Å². The van der Waals surface area contributed by atoms with Crippen LogP contribution in [-0.4, -0.2) is 25.3 Å². The minimum absolute atomic E-state index is 0.00384. The molecule has 2 nitrogen and oxygen atoms in total. The van der Waals surface area contributed by atoms with Crippen LogP contribution in [-0.2, 0) is 4.65 Å². The Labute approximate surface area is 114 Å². The van der Waals surface area contributed by atoms with Crippen LogP contribution in [0.15, 0.2) is 18.2 Å². The summed E-state index contributed by atoms with van der Waals surface area (Å²) in [7, 11) is 6.34. The van der Waals surface area contributed by atoms with E-state index in [-0.39, 0.29) is 10.8 Å². The van der Waals surface area contributed by atoms with Gasteiger partial charge in [0.05, 0.1) is 12.7 Å². The fourth-order valence-corrected chi connectivity index (χ4v) is 1.34. The van der Waals surface area contributed by atoms with Gasteiger partial charge in [-0.2, -0.15) is 0 Å². The Hall–Kier alpha value is -0.525. The van der Waals surface area contributed by atoms with Crippen molar-refractivity contribution in [3.63, 3.8) is 0 Å². The number of ether oxygens (including phenoxy) is 1. The van der Waals surface area contributed by atoms with Gasteiger partial charge in [0.15, 0.2) is 0 Å². The van der Waals surface area contributed by atoms with Crippen LogP contribution in [0.2, 0.25) is 0 Å². The molecule has 1 rings (SSSR count). The molecule has 0 amide bonds. The first-order valence-electron chi connectivity index (χ1n) is 6.12. The molecule has 0 aliphatic carbocycles. The van der Waals surface area contributed by atoms with Crippen LogP contribution in [0.3, 0.4) is 0 Å². The van der Waals surface area contributed by atoms with Crippen molar-refractivity contribution in [2.75, 3.05) is 7.11 Å². The molecule has 0 bridgehead atoms. The molecule has 1 aromatic rings. The number of hydrogen-bond acceptors (Lipinski definition) is 2. The van der Waals surface area contributed by atoms with E-state index in [1.54, 1.807) is 7.11 Å². The zero-order chi connectivity index (χ0) is 14.0. The SMILES string of the molecule is COc1ccc([B]OC(C)(C)C(C)(C)P)c(C)c1. The zero-order valence-corrected chi connectivity index (χ0v) is 13.4. The molecule has 18 heavy (non-hydrogen) atoms. The molecular formula is C14H23BO2P. The first-order chi connectivity index (χ1) is 8.17. The maximum absolute atomic E-state index is 5.95. The van der Waals surface area contributed by atoms with E-state index in [2.05, 4.69) is 43.9 Å². The van der Waals surface area contributed by atoms with Crippen molar-refractivity contribution in [3.8, 4) is 5.75 Å². The Morgan fingerprint density at radius 1 is 1.17 bits per heavy atom. The number of rotatable bonds is 5. The Balaban J connectivity index is 2.75. The third-order valence-electron chi connectivity index (χ3n) is 3.51. The van der Waals surface area contributed by atoms with E-state index in [4.69, 9.17) is 9.39 Å². The molecule has 4 heteroatoms. The van der Waals surface area contributed by atoms with E-state index in [9.17, 15) is 0 Å². The van der Waals surface area contributed by atoms with E-state index in [0.29, 0.717) is 0 Å². The largest absolute Gasteiger partial charge is 0.497 e. The van der Waals surface area contributed by atoms with Crippen LogP contribution in [0.25, 0.3) is 0 Å². The molecule has 1 atom stereocenters. The molecule has 0 aliphatic rings. The first kappa shape index (κ1) is 15.5. The Bertz CT molecular complexity index is 411. The van der Waals surface area contributed by atoms with Gasteiger partial charge in [0, 0.05) is 5.16 Å². The van der Waals surface area contributed by atoms with Gasteiger partial charge in [0.1, 0.15) is 5.75 Å². The molecule has 0 aromatic heterocycles. The van der Waals surface area contributed by atoms with Crippen LogP contribution in [0, 0.1) is 6.92 Å². The van der Waals surface area contributed by atoms with E-state index < -0.39 is 0 Å². The predicted molar refractivity (Wildman–Crippen MR) is 82.1 cm³/mol. The molecule has 0 aliphatic heterocycles. The lowest BCUT2D eigenvalue weighted by atomic mass is 9.81. The molecule has 0 saturated carbocycles. The summed E-state index contributed by atoms with van der Waals surface area (Å²) in [4.78, 5) is 0. The lowest BCUT2D eigenvalue weighted by molar-refractivity contribution is 0.0841. The normalized spacial score (nSPS) is 12.4. The van der Waals surface area contributed by atoms with Gasteiger partial charge in [0.2, 0.25) is 0 Å². The average molecular weight is 265 g/mol. The van der Waals surface area contributed by atoms with Gasteiger partial charge in [-0.3, -0.25) is 0 Å². The van der Waals surface area contributed by atoms with Crippen LogP contribution >= 0.6 is 9.24 Å². The molecular weight excluding hydrogens is 242 g/mol. The first-order valence-corrected chi connectivity index (χ1v) is 6.69. The molecule has 0 fully saturated rings. The second kappa shape index (κ2) is 5.63. The Morgan fingerprint density at radius 2 is 1.78 bits per heavy atom. The number of benzene rings is 1. The fourth-order valence-electron chi connectivity index (χ4n) is 1.27. The quantitative estimate of drug-likeness (QED) is 0.602. The summed E-state index contributed by atoms with van der Waals surface area (Å²) in [6.45, 7) is 10.5. The summed E-state index contributed by atoms with van der Waals surface area (Å²) >= 11 is 0. The highest BCUT2D eigenvalue weighted by molar-refractivity contribution is 7.19. The third-order valence-corrected chi connectivity index (χ3v) is 4.20. The maximum atomic E-state index is 5.95. The monoisotopic (exact) mass is 265 g/mol. The van der Waals surface area contributed by atoms with E-state index in [0.717, 1.165) is 16.8 Å². The molecule has 1 unspecified atom stereocenters. The van der Waals surface area contributed by atoms with Crippen LogP contribution in [0.4, 0.5) is 0 Å². The lowest BCUT2D eigenvalue weighted by Crippen LogP contribution is -2.45. The van der Waals surface area contributed by atoms with Gasteiger partial charge in [-0.05, 0) is 32.9 Å². The molecule has 1 aromatic carbocycles. The van der Waals surface area contributed by atoms with Gasteiger partial charge in [0.25, 0.3) is 0 Å². The smallest absolute Gasteiger partial charge is 0.331 e. The molecule has 0 N–H and O–H groups in total. The predicted octanol–water partition coefficient (Wildman–Crippen LogP) is 2.70. The second-order valence-electron chi connectivity index (χ2n) is 5.69. The summed E-state index contributed by atoms with van der Waals surface area (Å²) in [5, 5.41) is 0.00384. The molecule has 0 spiro atoms. The van der Waals surface area contributed by atoms with Crippen molar-refractivity contribution < 1.29 is 9.39 Å². The van der Waals surface area contributed by atoms with Crippen molar-refractivity contribution in [1.82, 2.24) is 0 Å². The second-order valence-corrected chi connectivity index (χ2v) is 7.13. The van der Waals surface area contributed by atoms with Gasteiger partial charge < -0.3 is 9.39 Å². The Kier molecular flexibility index (Phi) is 4.86. The molecule has 99 valence electrons. The van der Waals surface area contributed by atoms with E-state index in [1.807, 2.05) is 25.7 Å². The van der Waals surface area contributed by atoms with Crippen LogP contribution in [0.5, 0.6) is 5.75 Å². The van der Waals surface area contributed by atoms with Gasteiger partial charge in [-0.1, -0.05) is 30.9 Å². The number of hydrogen-bond donors (Lipinski definition) is 0. The highest BCUT2D eigenvalue weighted by Crippen LogP contribution is 2.33. The van der Waals surface area contributed by atoms with E-state index >= 15 is 0 Å². The molecule has 0 saturated heterocycles. The number of methoxy groups -OCH3 is 1. The zero-order valence-electron chi connectivity index (χ0n) is 12.2. The van der Waals surface area contributed by atoms with Crippen molar-refractivity contribution in [3.05, 3.63) is 23.8 Å². The summed E-state index contributed by atoms with van der Waals surface area (Å²) < 4.78 is 11.1.